The predicted octanol–water partition coefficient (Wildman–Crippen LogP) is 7.71. The molecule has 1 unspecified atom stereocenters. The van der Waals surface area contributed by atoms with Crippen LogP contribution in [-0.4, -0.2) is 24.1 Å². The van der Waals surface area contributed by atoms with E-state index in [1.54, 1.807) is 17.0 Å². The van der Waals surface area contributed by atoms with Crippen molar-refractivity contribution in [3.05, 3.63) is 83.7 Å². The first-order chi connectivity index (χ1) is 17.0. The summed E-state index contributed by atoms with van der Waals surface area (Å²) in [5.41, 5.74) is 2.57. The van der Waals surface area contributed by atoms with E-state index in [2.05, 4.69) is 12.2 Å². The van der Waals surface area contributed by atoms with Gasteiger partial charge in [-0.3, -0.25) is 0 Å². The Labute approximate surface area is 203 Å². The first-order valence-corrected chi connectivity index (χ1v) is 12.0. The lowest BCUT2D eigenvalue weighted by Gasteiger charge is -2.32. The maximum Gasteiger partial charge on any atom is 0.322 e. The van der Waals surface area contributed by atoms with Gasteiger partial charge in [0.05, 0.1) is 18.3 Å². The largest absolute Gasteiger partial charge is 0.493 e. The Morgan fingerprint density at radius 3 is 2.46 bits per heavy atom. The third kappa shape index (κ3) is 5.96. The molecule has 0 radical (unpaired) electrons. The number of carbonyl (C=O) groups is 1. The van der Waals surface area contributed by atoms with Gasteiger partial charge in [0.15, 0.2) is 0 Å². The molecular formula is C28H29F3N2O2. The molecule has 0 aliphatic carbocycles. The van der Waals surface area contributed by atoms with Crippen LogP contribution in [0.25, 0.3) is 11.1 Å². The van der Waals surface area contributed by atoms with Crippen molar-refractivity contribution in [1.82, 2.24) is 4.90 Å². The number of halogens is 3. The summed E-state index contributed by atoms with van der Waals surface area (Å²) in [6, 6.07) is 14.5. The molecule has 0 saturated heterocycles. The van der Waals surface area contributed by atoms with E-state index >= 15 is 0 Å². The lowest BCUT2D eigenvalue weighted by Crippen LogP contribution is -2.39. The molecular weight excluding hydrogens is 453 g/mol. The van der Waals surface area contributed by atoms with Gasteiger partial charge in [0.2, 0.25) is 0 Å². The van der Waals surface area contributed by atoms with Crippen LogP contribution >= 0.6 is 0 Å². The molecule has 1 heterocycles. The number of benzene rings is 3. The summed E-state index contributed by atoms with van der Waals surface area (Å²) in [5, 5.41) is 2.62. The minimum absolute atomic E-state index is 0.0614. The molecule has 1 N–H and O–H groups in total. The molecule has 3 aromatic rings. The molecule has 7 heteroatoms. The standard InChI is InChI=1S/C28H29F3N2O2/c1-2-3-4-15-33(28(34)32-25-14-12-22(30)18-24(25)31)26-6-5-16-35-27-17-20(9-13-23(26)27)19-7-10-21(29)11-8-19/h7-14,17-18,26H,2-6,15-16H2,1H3,(H,32,34). The molecule has 0 bridgehead atoms. The molecule has 4 rings (SSSR count). The Kier molecular flexibility index (Phi) is 7.95. The molecule has 2 amide bonds. The number of nitrogens with zero attached hydrogens (tertiary/aromatic N) is 1. The van der Waals surface area contributed by atoms with E-state index in [0.29, 0.717) is 25.3 Å². The van der Waals surface area contributed by atoms with E-state index in [9.17, 15) is 18.0 Å². The van der Waals surface area contributed by atoms with Crippen molar-refractivity contribution in [1.29, 1.82) is 0 Å². The highest BCUT2D eigenvalue weighted by molar-refractivity contribution is 5.90. The SMILES string of the molecule is CCCCCN(C(=O)Nc1ccc(F)cc1F)C1CCCOc2cc(-c3ccc(F)cc3)ccc21. The van der Waals surface area contributed by atoms with Gasteiger partial charge in [-0.1, -0.05) is 44.0 Å². The molecule has 0 aromatic heterocycles. The minimum atomic E-state index is -0.819. The zero-order valence-electron chi connectivity index (χ0n) is 19.7. The normalized spacial score (nSPS) is 15.0. The molecule has 0 saturated carbocycles. The highest BCUT2D eigenvalue weighted by atomic mass is 19.1. The van der Waals surface area contributed by atoms with Crippen LogP contribution in [0, 0.1) is 17.5 Å². The number of anilines is 1. The smallest absolute Gasteiger partial charge is 0.322 e. The van der Waals surface area contributed by atoms with Gasteiger partial charge >= 0.3 is 6.03 Å². The van der Waals surface area contributed by atoms with Gasteiger partial charge in [-0.2, -0.15) is 0 Å². The fraction of sp³-hybridized carbons (Fsp3) is 0.321. The van der Waals surface area contributed by atoms with Gasteiger partial charge in [0.25, 0.3) is 0 Å². The zero-order chi connectivity index (χ0) is 24.8. The van der Waals surface area contributed by atoms with E-state index in [0.717, 1.165) is 54.5 Å². The van der Waals surface area contributed by atoms with E-state index in [1.165, 1.54) is 18.2 Å². The molecule has 184 valence electrons. The Hall–Kier alpha value is -3.48. The second-order valence-corrected chi connectivity index (χ2v) is 8.72. The number of hydrogen-bond acceptors (Lipinski definition) is 2. The van der Waals surface area contributed by atoms with Gasteiger partial charge in [-0.05, 0) is 60.7 Å². The Bertz CT molecular complexity index is 1170. The van der Waals surface area contributed by atoms with Crippen molar-refractivity contribution in [3.8, 4) is 16.9 Å². The maximum absolute atomic E-state index is 14.2. The van der Waals surface area contributed by atoms with Crippen molar-refractivity contribution in [2.75, 3.05) is 18.5 Å². The van der Waals surface area contributed by atoms with Crippen LogP contribution in [0.3, 0.4) is 0 Å². The molecule has 1 atom stereocenters. The predicted molar refractivity (Wildman–Crippen MR) is 131 cm³/mol. The van der Waals surface area contributed by atoms with E-state index in [-0.39, 0.29) is 17.5 Å². The molecule has 0 spiro atoms. The number of hydrogen-bond donors (Lipinski definition) is 1. The highest BCUT2D eigenvalue weighted by Crippen LogP contribution is 2.39. The molecule has 3 aromatic carbocycles. The molecule has 0 fully saturated rings. The van der Waals surface area contributed by atoms with Gasteiger partial charge in [0.1, 0.15) is 23.2 Å². The van der Waals surface area contributed by atoms with Gasteiger partial charge < -0.3 is 15.0 Å². The van der Waals surface area contributed by atoms with Crippen LogP contribution in [0.4, 0.5) is 23.7 Å². The van der Waals surface area contributed by atoms with E-state index < -0.39 is 17.7 Å². The van der Waals surface area contributed by atoms with Gasteiger partial charge in [0, 0.05) is 18.2 Å². The van der Waals surface area contributed by atoms with Gasteiger partial charge in [-0.15, -0.1) is 0 Å². The molecule has 1 aliphatic rings. The summed E-state index contributed by atoms with van der Waals surface area (Å²) >= 11 is 0. The van der Waals surface area contributed by atoms with Crippen molar-refractivity contribution >= 4 is 11.7 Å². The fourth-order valence-electron chi connectivity index (χ4n) is 4.40. The Morgan fingerprint density at radius 2 is 1.71 bits per heavy atom. The number of fused-ring (bicyclic) bond motifs is 1. The number of unbranched alkanes of at least 4 members (excludes halogenated alkanes) is 2. The van der Waals surface area contributed by atoms with Gasteiger partial charge in [-0.25, -0.2) is 18.0 Å². The van der Waals surface area contributed by atoms with Crippen LogP contribution in [0.15, 0.2) is 60.7 Å². The first kappa shape index (κ1) is 24.6. The van der Waals surface area contributed by atoms with E-state index in [4.69, 9.17) is 4.74 Å². The van der Waals surface area contributed by atoms with Crippen molar-refractivity contribution in [2.45, 2.75) is 45.1 Å². The van der Waals surface area contributed by atoms with Crippen LogP contribution in [-0.2, 0) is 0 Å². The second-order valence-electron chi connectivity index (χ2n) is 8.72. The van der Waals surface area contributed by atoms with Crippen LogP contribution in [0.2, 0.25) is 0 Å². The lowest BCUT2D eigenvalue weighted by atomic mass is 9.96. The number of rotatable bonds is 7. The third-order valence-corrected chi connectivity index (χ3v) is 6.24. The third-order valence-electron chi connectivity index (χ3n) is 6.24. The summed E-state index contributed by atoms with van der Waals surface area (Å²) in [4.78, 5) is 15.1. The average molecular weight is 483 g/mol. The van der Waals surface area contributed by atoms with Crippen molar-refractivity contribution < 1.29 is 22.7 Å². The quantitative estimate of drug-likeness (QED) is 0.351. The molecule has 4 nitrogen and oxygen atoms in total. The Morgan fingerprint density at radius 1 is 0.971 bits per heavy atom. The topological polar surface area (TPSA) is 41.6 Å². The fourth-order valence-corrected chi connectivity index (χ4v) is 4.40. The van der Waals surface area contributed by atoms with Crippen molar-refractivity contribution in [2.24, 2.45) is 0 Å². The average Bonchev–Trinajstić information content (AvgIpc) is 3.06. The molecule has 1 aliphatic heterocycles. The monoisotopic (exact) mass is 482 g/mol. The Balaban J connectivity index is 1.64. The highest BCUT2D eigenvalue weighted by Gasteiger charge is 2.29. The van der Waals surface area contributed by atoms with E-state index in [1.807, 2.05) is 18.2 Å². The number of carbonyl (C=O) groups excluding carboxylic acids is 1. The summed E-state index contributed by atoms with van der Waals surface area (Å²) in [6.45, 7) is 3.09. The molecule has 35 heavy (non-hydrogen) atoms. The summed E-state index contributed by atoms with van der Waals surface area (Å²) in [7, 11) is 0. The zero-order valence-corrected chi connectivity index (χ0v) is 19.7. The number of nitrogens with one attached hydrogen (secondary N) is 1. The van der Waals surface area contributed by atoms with Crippen LogP contribution < -0.4 is 10.1 Å². The second kappa shape index (κ2) is 11.3. The summed E-state index contributed by atoms with van der Waals surface area (Å²) in [6.07, 6.45) is 4.18. The number of ether oxygens (including phenoxy) is 1. The summed E-state index contributed by atoms with van der Waals surface area (Å²) in [5.74, 6) is -1.14. The summed E-state index contributed by atoms with van der Waals surface area (Å²) < 4.78 is 47.0. The van der Waals surface area contributed by atoms with Crippen molar-refractivity contribution in [3.63, 3.8) is 0 Å². The number of amides is 2. The maximum atomic E-state index is 14.2. The van der Waals surface area contributed by atoms with Crippen LogP contribution in [0.1, 0.15) is 50.6 Å². The lowest BCUT2D eigenvalue weighted by molar-refractivity contribution is 0.181. The minimum Gasteiger partial charge on any atom is -0.493 e. The number of urea groups is 1. The van der Waals surface area contributed by atoms with Crippen LogP contribution in [0.5, 0.6) is 5.75 Å². The first-order valence-electron chi connectivity index (χ1n) is 12.0.